The van der Waals surface area contributed by atoms with Crippen molar-refractivity contribution in [2.75, 3.05) is 10.2 Å². The first-order valence-electron chi connectivity index (χ1n) is 8.17. The average molecular weight is 361 g/mol. The number of anilines is 3. The number of hydrogen-bond acceptors (Lipinski definition) is 5. The van der Waals surface area contributed by atoms with Crippen LogP contribution in [0.25, 0.3) is 10.8 Å². The van der Waals surface area contributed by atoms with Crippen LogP contribution in [-0.4, -0.2) is 27.8 Å². The van der Waals surface area contributed by atoms with Crippen LogP contribution in [0.2, 0.25) is 0 Å². The summed E-state index contributed by atoms with van der Waals surface area (Å²) in [5.74, 6) is -0.948. The lowest BCUT2D eigenvalue weighted by atomic mass is 10.1. The Hall–Kier alpha value is -3.94. The van der Waals surface area contributed by atoms with Gasteiger partial charge < -0.3 is 16.3 Å². The molecule has 4 rings (SSSR count). The van der Waals surface area contributed by atoms with Gasteiger partial charge in [0.15, 0.2) is 5.84 Å². The van der Waals surface area contributed by atoms with Gasteiger partial charge in [0.25, 0.3) is 0 Å². The minimum atomic E-state index is -0.391. The van der Waals surface area contributed by atoms with Gasteiger partial charge in [0.2, 0.25) is 11.8 Å². The lowest BCUT2D eigenvalue weighted by Gasteiger charge is -2.23. The van der Waals surface area contributed by atoms with Crippen molar-refractivity contribution < 1.29 is 14.8 Å². The fourth-order valence-corrected chi connectivity index (χ4v) is 3.14. The third kappa shape index (κ3) is 2.82. The van der Waals surface area contributed by atoms with Crippen LogP contribution in [0.4, 0.5) is 17.1 Å². The summed E-state index contributed by atoms with van der Waals surface area (Å²) in [6, 6.07) is 14.4. The number of carbonyl (C=O) groups excluding carboxylic acids is 2. The molecule has 2 heterocycles. The molecular formula is C19H15N5O3. The van der Waals surface area contributed by atoms with E-state index in [-0.39, 0.29) is 23.9 Å². The predicted molar refractivity (Wildman–Crippen MR) is 101 cm³/mol. The Bertz CT molecular complexity index is 1110. The number of hydrogen-bond donors (Lipinski definition) is 3. The van der Waals surface area contributed by atoms with Crippen LogP contribution < -0.4 is 16.0 Å². The molecule has 8 heteroatoms. The summed E-state index contributed by atoms with van der Waals surface area (Å²) >= 11 is 0. The Balaban J connectivity index is 1.95. The van der Waals surface area contributed by atoms with E-state index in [0.717, 1.165) is 10.8 Å². The smallest absolute Gasteiger partial charge is 0.241 e. The molecule has 0 spiro atoms. The van der Waals surface area contributed by atoms with Gasteiger partial charge in [-0.2, -0.15) is 0 Å². The summed E-state index contributed by atoms with van der Waals surface area (Å²) in [6.45, 7) is 0. The number of aromatic nitrogens is 1. The molecule has 0 bridgehead atoms. The van der Waals surface area contributed by atoms with E-state index < -0.39 is 5.91 Å². The Labute approximate surface area is 153 Å². The number of amides is 2. The van der Waals surface area contributed by atoms with Gasteiger partial charge in [0, 0.05) is 11.6 Å². The second-order valence-electron chi connectivity index (χ2n) is 6.02. The summed E-state index contributed by atoms with van der Waals surface area (Å²) in [6.07, 6.45) is 1.15. The minimum Gasteiger partial charge on any atom is -0.409 e. The predicted octanol–water partition coefficient (Wildman–Crippen LogP) is 2.34. The standard InChI is InChI=1S/C19H15N5O3/c20-19(23-27)14-9-12(7-8-21-14)24-15-6-5-11-3-1-2-4-13(11)18(15)22-16(25)10-17(24)26/h1-9,27H,10H2,(H2,20,23)(H,22,25). The molecule has 1 aliphatic heterocycles. The first-order chi connectivity index (χ1) is 13.1. The van der Waals surface area contributed by atoms with Gasteiger partial charge in [-0.05, 0) is 23.6 Å². The fourth-order valence-electron chi connectivity index (χ4n) is 3.14. The van der Waals surface area contributed by atoms with Gasteiger partial charge in [-0.25, -0.2) is 0 Å². The maximum Gasteiger partial charge on any atom is 0.241 e. The molecule has 0 saturated carbocycles. The zero-order valence-electron chi connectivity index (χ0n) is 14.1. The average Bonchev–Trinajstić information content (AvgIpc) is 2.82. The summed E-state index contributed by atoms with van der Waals surface area (Å²) < 4.78 is 0. The van der Waals surface area contributed by atoms with Gasteiger partial charge in [-0.1, -0.05) is 35.5 Å². The summed E-state index contributed by atoms with van der Waals surface area (Å²) in [4.78, 5) is 30.5. The number of carbonyl (C=O) groups is 2. The van der Waals surface area contributed by atoms with Crippen molar-refractivity contribution >= 4 is 45.5 Å². The second kappa shape index (κ2) is 6.41. The van der Waals surface area contributed by atoms with E-state index in [4.69, 9.17) is 10.9 Å². The topological polar surface area (TPSA) is 121 Å². The fraction of sp³-hybridized carbons (Fsp3) is 0.0526. The van der Waals surface area contributed by atoms with E-state index in [1.54, 1.807) is 12.1 Å². The number of nitrogens with zero attached hydrogens (tertiary/aromatic N) is 3. The summed E-state index contributed by atoms with van der Waals surface area (Å²) in [5, 5.41) is 16.4. The highest BCUT2D eigenvalue weighted by atomic mass is 16.4. The van der Waals surface area contributed by atoms with Crippen LogP contribution >= 0.6 is 0 Å². The zero-order chi connectivity index (χ0) is 19.0. The molecule has 4 N–H and O–H groups in total. The number of benzene rings is 2. The van der Waals surface area contributed by atoms with E-state index >= 15 is 0 Å². The Morgan fingerprint density at radius 3 is 2.81 bits per heavy atom. The third-order valence-corrected chi connectivity index (χ3v) is 4.35. The van der Waals surface area contributed by atoms with Crippen LogP contribution in [-0.2, 0) is 9.59 Å². The normalized spacial score (nSPS) is 14.7. The number of amidine groups is 1. The molecule has 0 fully saturated rings. The van der Waals surface area contributed by atoms with Crippen molar-refractivity contribution in [2.45, 2.75) is 6.42 Å². The van der Waals surface area contributed by atoms with Gasteiger partial charge in [0.1, 0.15) is 12.1 Å². The third-order valence-electron chi connectivity index (χ3n) is 4.35. The lowest BCUT2D eigenvalue weighted by Crippen LogP contribution is -2.27. The molecule has 1 aliphatic rings. The highest BCUT2D eigenvalue weighted by Gasteiger charge is 2.29. The molecule has 27 heavy (non-hydrogen) atoms. The van der Waals surface area contributed by atoms with Crippen LogP contribution in [0.3, 0.4) is 0 Å². The number of rotatable bonds is 2. The van der Waals surface area contributed by atoms with Crippen molar-refractivity contribution in [3.8, 4) is 0 Å². The Kier molecular flexibility index (Phi) is 3.92. The molecule has 2 aromatic carbocycles. The summed E-state index contributed by atoms with van der Waals surface area (Å²) in [5.41, 5.74) is 7.40. The molecule has 2 amide bonds. The highest BCUT2D eigenvalue weighted by Crippen LogP contribution is 2.39. The molecule has 0 aliphatic carbocycles. The van der Waals surface area contributed by atoms with Crippen molar-refractivity contribution in [1.29, 1.82) is 0 Å². The largest absolute Gasteiger partial charge is 0.409 e. The highest BCUT2D eigenvalue weighted by molar-refractivity contribution is 6.21. The van der Waals surface area contributed by atoms with Crippen LogP contribution in [0.1, 0.15) is 12.1 Å². The zero-order valence-corrected chi connectivity index (χ0v) is 14.1. The number of nitrogens with two attached hydrogens (primary N) is 1. The van der Waals surface area contributed by atoms with E-state index in [2.05, 4.69) is 15.5 Å². The van der Waals surface area contributed by atoms with Crippen LogP contribution in [0, 0.1) is 0 Å². The van der Waals surface area contributed by atoms with Crippen molar-refractivity contribution in [2.24, 2.45) is 10.9 Å². The van der Waals surface area contributed by atoms with E-state index in [1.165, 1.54) is 17.2 Å². The molecule has 3 aromatic rings. The second-order valence-corrected chi connectivity index (χ2v) is 6.02. The number of fused-ring (bicyclic) bond motifs is 3. The van der Waals surface area contributed by atoms with E-state index in [0.29, 0.717) is 17.1 Å². The Morgan fingerprint density at radius 1 is 1.19 bits per heavy atom. The molecule has 0 atom stereocenters. The quantitative estimate of drug-likeness (QED) is 0.213. The first kappa shape index (κ1) is 16.5. The summed E-state index contributed by atoms with van der Waals surface area (Å²) in [7, 11) is 0. The van der Waals surface area contributed by atoms with Crippen molar-refractivity contribution in [3.05, 3.63) is 60.4 Å². The maximum atomic E-state index is 12.8. The number of nitrogens with one attached hydrogen (secondary N) is 1. The molecule has 0 saturated heterocycles. The number of pyridine rings is 1. The van der Waals surface area contributed by atoms with Crippen LogP contribution in [0.5, 0.6) is 0 Å². The van der Waals surface area contributed by atoms with Crippen molar-refractivity contribution in [3.63, 3.8) is 0 Å². The van der Waals surface area contributed by atoms with Gasteiger partial charge in [-0.15, -0.1) is 0 Å². The van der Waals surface area contributed by atoms with Crippen molar-refractivity contribution in [1.82, 2.24) is 4.98 Å². The lowest BCUT2D eigenvalue weighted by molar-refractivity contribution is -0.124. The molecule has 1 aromatic heterocycles. The van der Waals surface area contributed by atoms with E-state index in [1.807, 2.05) is 30.3 Å². The maximum absolute atomic E-state index is 12.8. The van der Waals surface area contributed by atoms with Crippen LogP contribution in [0.15, 0.2) is 59.9 Å². The number of oxime groups is 1. The SMILES string of the molecule is NC(=NO)c1cc(N2C(=O)CC(=O)Nc3c2ccc2ccccc32)ccn1. The van der Waals surface area contributed by atoms with Gasteiger partial charge >= 0.3 is 0 Å². The molecular weight excluding hydrogens is 346 g/mol. The van der Waals surface area contributed by atoms with Gasteiger partial charge in [-0.3, -0.25) is 19.5 Å². The minimum absolute atomic E-state index is 0.174. The first-order valence-corrected chi connectivity index (χ1v) is 8.17. The molecule has 0 radical (unpaired) electrons. The monoisotopic (exact) mass is 361 g/mol. The molecule has 0 unspecified atom stereocenters. The molecule has 8 nitrogen and oxygen atoms in total. The molecule has 134 valence electrons. The van der Waals surface area contributed by atoms with E-state index in [9.17, 15) is 9.59 Å². The van der Waals surface area contributed by atoms with Gasteiger partial charge in [0.05, 0.1) is 17.1 Å². The Morgan fingerprint density at radius 2 is 2.00 bits per heavy atom.